The predicted molar refractivity (Wildman–Crippen MR) is 52.6 cm³/mol. The molecule has 0 spiro atoms. The number of carboxylic acids is 1. The van der Waals surface area contributed by atoms with Gasteiger partial charge in [-0.15, -0.1) is 0 Å². The molecule has 0 unspecified atom stereocenters. The molecular weight excluding hydrogens is 164 g/mol. The summed E-state index contributed by atoms with van der Waals surface area (Å²) in [5, 5.41) is 8.63. The summed E-state index contributed by atoms with van der Waals surface area (Å²) in [6.45, 7) is 2.23. The quantitative estimate of drug-likeness (QED) is 0.729. The number of hydrogen-bond donors (Lipinski definition) is 1. The van der Waals surface area contributed by atoms with Crippen molar-refractivity contribution in [2.45, 2.75) is 51.9 Å². The van der Waals surface area contributed by atoms with Gasteiger partial charge in [-0.25, -0.2) is 0 Å². The summed E-state index contributed by atoms with van der Waals surface area (Å²) in [6, 6.07) is 0. The maximum atomic E-state index is 10.5. The van der Waals surface area contributed by atoms with Gasteiger partial charge in [0.2, 0.25) is 0 Å². The Bertz CT molecular complexity index is 157. The minimum absolute atomic E-state index is 0.388. The maximum Gasteiger partial charge on any atom is 0.303 e. The van der Waals surface area contributed by atoms with Crippen molar-refractivity contribution in [3.63, 3.8) is 0 Å². The molecule has 1 N–H and O–H groups in total. The molecule has 1 saturated carbocycles. The van der Waals surface area contributed by atoms with E-state index in [1.54, 1.807) is 0 Å². The summed E-state index contributed by atoms with van der Waals surface area (Å²) >= 11 is 0. The molecule has 1 aliphatic carbocycles. The van der Waals surface area contributed by atoms with Crippen molar-refractivity contribution in [3.8, 4) is 0 Å². The van der Waals surface area contributed by atoms with Gasteiger partial charge < -0.3 is 5.11 Å². The SMILES string of the molecule is CCC[C@H]1CC[C@H](CC(=O)O)CC1. The molecule has 0 aromatic rings. The highest BCUT2D eigenvalue weighted by atomic mass is 16.4. The normalized spacial score (nSPS) is 28.7. The van der Waals surface area contributed by atoms with Gasteiger partial charge in [0.15, 0.2) is 0 Å². The third kappa shape index (κ3) is 3.79. The van der Waals surface area contributed by atoms with Crippen molar-refractivity contribution in [2.75, 3.05) is 0 Å². The zero-order valence-electron chi connectivity index (χ0n) is 8.46. The summed E-state index contributed by atoms with van der Waals surface area (Å²) in [6.07, 6.45) is 7.78. The Labute approximate surface area is 80.3 Å². The Kier molecular flexibility index (Phi) is 4.26. The Morgan fingerprint density at radius 1 is 1.23 bits per heavy atom. The molecule has 2 nitrogen and oxygen atoms in total. The second-order valence-corrected chi connectivity index (χ2v) is 4.27. The van der Waals surface area contributed by atoms with Crippen molar-refractivity contribution in [3.05, 3.63) is 0 Å². The zero-order valence-corrected chi connectivity index (χ0v) is 8.46. The highest BCUT2D eigenvalue weighted by Crippen LogP contribution is 2.32. The molecule has 0 aromatic carbocycles. The first-order valence-electron chi connectivity index (χ1n) is 5.44. The van der Waals surface area contributed by atoms with Gasteiger partial charge in [-0.2, -0.15) is 0 Å². The van der Waals surface area contributed by atoms with Crippen LogP contribution in [0.15, 0.2) is 0 Å². The monoisotopic (exact) mass is 184 g/mol. The smallest absolute Gasteiger partial charge is 0.303 e. The molecule has 1 aliphatic rings. The van der Waals surface area contributed by atoms with E-state index in [9.17, 15) is 4.79 Å². The van der Waals surface area contributed by atoms with Crippen molar-refractivity contribution in [1.29, 1.82) is 0 Å². The highest BCUT2D eigenvalue weighted by molar-refractivity contribution is 5.67. The Hall–Kier alpha value is -0.530. The van der Waals surface area contributed by atoms with Crippen LogP contribution in [-0.2, 0) is 4.79 Å². The van der Waals surface area contributed by atoms with E-state index in [4.69, 9.17) is 5.11 Å². The fourth-order valence-electron chi connectivity index (χ4n) is 2.38. The van der Waals surface area contributed by atoms with Crippen LogP contribution in [0.2, 0.25) is 0 Å². The van der Waals surface area contributed by atoms with E-state index in [2.05, 4.69) is 6.92 Å². The molecule has 13 heavy (non-hydrogen) atoms. The van der Waals surface area contributed by atoms with Crippen LogP contribution in [0.25, 0.3) is 0 Å². The standard InChI is InChI=1S/C11H20O2/c1-2-3-9-4-6-10(7-5-9)8-11(12)13/h9-10H,2-8H2,1H3,(H,12,13)/t9-,10-. The maximum absolute atomic E-state index is 10.5. The average Bonchev–Trinajstić information content (AvgIpc) is 2.08. The molecule has 0 saturated heterocycles. The molecule has 0 atom stereocenters. The molecule has 0 bridgehead atoms. The van der Waals surface area contributed by atoms with Crippen LogP contribution in [-0.4, -0.2) is 11.1 Å². The van der Waals surface area contributed by atoms with Gasteiger partial charge in [-0.05, 0) is 24.7 Å². The average molecular weight is 184 g/mol. The Morgan fingerprint density at radius 2 is 1.77 bits per heavy atom. The van der Waals surface area contributed by atoms with Crippen LogP contribution < -0.4 is 0 Å². The van der Waals surface area contributed by atoms with Crippen LogP contribution in [0.1, 0.15) is 51.9 Å². The fraction of sp³-hybridized carbons (Fsp3) is 0.909. The van der Waals surface area contributed by atoms with Crippen molar-refractivity contribution >= 4 is 5.97 Å². The summed E-state index contributed by atoms with van der Waals surface area (Å²) in [7, 11) is 0. The zero-order chi connectivity index (χ0) is 9.68. The van der Waals surface area contributed by atoms with Gasteiger partial charge in [-0.3, -0.25) is 4.79 Å². The summed E-state index contributed by atoms with van der Waals surface area (Å²) < 4.78 is 0. The number of rotatable bonds is 4. The number of carbonyl (C=O) groups is 1. The van der Waals surface area contributed by atoms with Crippen LogP contribution in [0, 0.1) is 11.8 Å². The van der Waals surface area contributed by atoms with Crippen molar-refractivity contribution in [2.24, 2.45) is 11.8 Å². The van der Waals surface area contributed by atoms with Crippen LogP contribution in [0.4, 0.5) is 0 Å². The van der Waals surface area contributed by atoms with E-state index in [-0.39, 0.29) is 0 Å². The minimum atomic E-state index is -0.626. The van der Waals surface area contributed by atoms with E-state index >= 15 is 0 Å². The minimum Gasteiger partial charge on any atom is -0.481 e. The van der Waals surface area contributed by atoms with E-state index < -0.39 is 5.97 Å². The largest absolute Gasteiger partial charge is 0.481 e. The number of aliphatic carboxylic acids is 1. The molecule has 0 aliphatic heterocycles. The predicted octanol–water partition coefficient (Wildman–Crippen LogP) is 3.07. The summed E-state index contributed by atoms with van der Waals surface area (Å²) in [5.74, 6) is 0.722. The molecule has 0 radical (unpaired) electrons. The first kappa shape index (κ1) is 10.6. The molecule has 1 fully saturated rings. The van der Waals surface area contributed by atoms with Gasteiger partial charge in [-0.1, -0.05) is 32.6 Å². The van der Waals surface area contributed by atoms with E-state index in [0.29, 0.717) is 12.3 Å². The lowest BCUT2D eigenvalue weighted by Crippen LogP contribution is -2.17. The number of hydrogen-bond acceptors (Lipinski definition) is 1. The third-order valence-corrected chi connectivity index (χ3v) is 3.13. The first-order chi connectivity index (χ1) is 6.22. The van der Waals surface area contributed by atoms with E-state index in [1.807, 2.05) is 0 Å². The van der Waals surface area contributed by atoms with Gasteiger partial charge in [0.05, 0.1) is 0 Å². The van der Waals surface area contributed by atoms with Gasteiger partial charge in [0.25, 0.3) is 0 Å². The molecule has 0 heterocycles. The molecule has 2 heteroatoms. The van der Waals surface area contributed by atoms with Gasteiger partial charge in [0, 0.05) is 6.42 Å². The Morgan fingerprint density at radius 3 is 2.23 bits per heavy atom. The van der Waals surface area contributed by atoms with E-state index in [1.165, 1.54) is 25.7 Å². The van der Waals surface area contributed by atoms with E-state index in [0.717, 1.165) is 18.8 Å². The lowest BCUT2D eigenvalue weighted by atomic mass is 9.79. The summed E-state index contributed by atoms with van der Waals surface area (Å²) in [4.78, 5) is 10.5. The second-order valence-electron chi connectivity index (χ2n) is 4.27. The lowest BCUT2D eigenvalue weighted by molar-refractivity contribution is -0.138. The molecule has 1 rings (SSSR count). The van der Waals surface area contributed by atoms with Crippen LogP contribution >= 0.6 is 0 Å². The second kappa shape index (κ2) is 5.25. The topological polar surface area (TPSA) is 37.3 Å². The van der Waals surface area contributed by atoms with Crippen LogP contribution in [0.5, 0.6) is 0 Å². The molecule has 76 valence electrons. The molecule has 0 amide bonds. The Balaban J connectivity index is 2.18. The van der Waals surface area contributed by atoms with Gasteiger partial charge >= 0.3 is 5.97 Å². The number of carboxylic acid groups (broad SMARTS) is 1. The summed E-state index contributed by atoms with van der Waals surface area (Å²) in [5.41, 5.74) is 0. The van der Waals surface area contributed by atoms with Crippen molar-refractivity contribution in [1.82, 2.24) is 0 Å². The fourth-order valence-corrected chi connectivity index (χ4v) is 2.38. The first-order valence-corrected chi connectivity index (χ1v) is 5.44. The van der Waals surface area contributed by atoms with Gasteiger partial charge in [0.1, 0.15) is 0 Å². The molecular formula is C11H20O2. The molecule has 0 aromatic heterocycles. The highest BCUT2D eigenvalue weighted by Gasteiger charge is 2.21. The lowest BCUT2D eigenvalue weighted by Gasteiger charge is -2.27. The van der Waals surface area contributed by atoms with Crippen molar-refractivity contribution < 1.29 is 9.90 Å². The van der Waals surface area contributed by atoms with Crippen LogP contribution in [0.3, 0.4) is 0 Å². The third-order valence-electron chi connectivity index (χ3n) is 3.13.